The molecule has 8 nitrogen and oxygen atoms in total. The molecule has 0 bridgehead atoms. The molecule has 0 aliphatic heterocycles. The lowest BCUT2D eigenvalue weighted by molar-refractivity contribution is -0.0425. The first-order valence-corrected chi connectivity index (χ1v) is 11.3. The number of rotatable bonds is 8. The van der Waals surface area contributed by atoms with Crippen molar-refractivity contribution in [3.05, 3.63) is 95.1 Å². The predicted molar refractivity (Wildman–Crippen MR) is 128 cm³/mol. The number of aliphatic hydroxyl groups excluding tert-OH is 2. The van der Waals surface area contributed by atoms with E-state index >= 15 is 0 Å². The second kappa shape index (κ2) is 10.7. The normalized spacial score (nSPS) is 14.1. The standard InChI is InChI=1S/C27H27NO7/c1-16(35-26(32)18-12-10-17(11-13-18)25(30)31)24(14-29)28-27(33)34-15-23-21-8-4-2-6-19(21)20-7-3-5-9-22(20)23/h2-13,16,23-25,29-31H,14-15H2,1H3,(H,28,33)/t16-,24-/m1/s1. The van der Waals surface area contributed by atoms with Crippen LogP contribution in [-0.4, -0.2) is 52.7 Å². The number of carbonyl (C=O) groups is 2. The lowest BCUT2D eigenvalue weighted by Gasteiger charge is -2.23. The van der Waals surface area contributed by atoms with Crippen LogP contribution in [0.15, 0.2) is 72.8 Å². The maximum Gasteiger partial charge on any atom is 0.407 e. The van der Waals surface area contributed by atoms with Gasteiger partial charge in [0.05, 0.1) is 18.2 Å². The van der Waals surface area contributed by atoms with Gasteiger partial charge in [-0.1, -0.05) is 60.7 Å². The predicted octanol–water partition coefficient (Wildman–Crippen LogP) is 3.11. The summed E-state index contributed by atoms with van der Waals surface area (Å²) in [6.07, 6.45) is -3.22. The summed E-state index contributed by atoms with van der Waals surface area (Å²) < 4.78 is 10.9. The van der Waals surface area contributed by atoms with Crippen LogP contribution in [0.25, 0.3) is 11.1 Å². The van der Waals surface area contributed by atoms with Gasteiger partial charge in [-0.3, -0.25) is 0 Å². The molecule has 4 N–H and O–H groups in total. The summed E-state index contributed by atoms with van der Waals surface area (Å²) >= 11 is 0. The molecule has 4 rings (SSSR count). The minimum absolute atomic E-state index is 0.101. The van der Waals surface area contributed by atoms with E-state index in [9.17, 15) is 14.7 Å². The van der Waals surface area contributed by atoms with E-state index in [-0.39, 0.29) is 23.7 Å². The maximum absolute atomic E-state index is 12.5. The van der Waals surface area contributed by atoms with Crippen molar-refractivity contribution in [1.29, 1.82) is 0 Å². The summed E-state index contributed by atoms with van der Waals surface area (Å²) in [5.74, 6) is -0.777. The molecular weight excluding hydrogens is 450 g/mol. The maximum atomic E-state index is 12.5. The van der Waals surface area contributed by atoms with Gasteiger partial charge in [0.2, 0.25) is 0 Å². The highest BCUT2D eigenvalue weighted by Crippen LogP contribution is 2.44. The monoisotopic (exact) mass is 477 g/mol. The Morgan fingerprint density at radius 1 is 0.914 bits per heavy atom. The van der Waals surface area contributed by atoms with Crippen LogP contribution in [0.1, 0.15) is 46.2 Å². The van der Waals surface area contributed by atoms with E-state index in [1.165, 1.54) is 24.3 Å². The molecule has 0 radical (unpaired) electrons. The summed E-state index contributed by atoms with van der Waals surface area (Å²) in [5, 5.41) is 30.6. The zero-order valence-corrected chi connectivity index (χ0v) is 19.1. The molecule has 3 aromatic carbocycles. The second-order valence-electron chi connectivity index (χ2n) is 8.37. The average molecular weight is 478 g/mol. The van der Waals surface area contributed by atoms with E-state index in [0.717, 1.165) is 22.3 Å². The largest absolute Gasteiger partial charge is 0.457 e. The van der Waals surface area contributed by atoms with Gasteiger partial charge in [-0.15, -0.1) is 0 Å². The van der Waals surface area contributed by atoms with E-state index in [0.29, 0.717) is 0 Å². The number of hydrogen-bond acceptors (Lipinski definition) is 7. The zero-order chi connectivity index (χ0) is 24.9. The Bertz CT molecular complexity index is 1150. The van der Waals surface area contributed by atoms with Crippen LogP contribution in [0.5, 0.6) is 0 Å². The smallest absolute Gasteiger partial charge is 0.407 e. The Morgan fingerprint density at radius 3 is 2.03 bits per heavy atom. The minimum Gasteiger partial charge on any atom is -0.457 e. The zero-order valence-electron chi connectivity index (χ0n) is 19.1. The van der Waals surface area contributed by atoms with Crippen molar-refractivity contribution >= 4 is 12.1 Å². The molecule has 1 amide bonds. The number of esters is 1. The highest BCUT2D eigenvalue weighted by molar-refractivity contribution is 5.89. The third kappa shape index (κ3) is 5.35. The fourth-order valence-corrected chi connectivity index (χ4v) is 4.21. The van der Waals surface area contributed by atoms with Crippen molar-refractivity contribution in [3.8, 4) is 11.1 Å². The number of carbonyl (C=O) groups excluding carboxylic acids is 2. The average Bonchev–Trinajstić information content (AvgIpc) is 3.19. The molecule has 0 heterocycles. The summed E-state index contributed by atoms with van der Waals surface area (Å²) in [6.45, 7) is 1.21. The van der Waals surface area contributed by atoms with Crippen LogP contribution >= 0.6 is 0 Å². The van der Waals surface area contributed by atoms with E-state index in [1.54, 1.807) is 6.92 Å². The van der Waals surface area contributed by atoms with Gasteiger partial charge in [-0.05, 0) is 41.3 Å². The first-order valence-electron chi connectivity index (χ1n) is 11.3. The molecule has 0 aromatic heterocycles. The molecule has 182 valence electrons. The minimum atomic E-state index is -1.64. The highest BCUT2D eigenvalue weighted by Gasteiger charge is 2.30. The summed E-state index contributed by atoms with van der Waals surface area (Å²) in [7, 11) is 0. The van der Waals surface area contributed by atoms with Crippen molar-refractivity contribution in [2.45, 2.75) is 31.3 Å². The Labute approximate surface area is 202 Å². The van der Waals surface area contributed by atoms with E-state index in [2.05, 4.69) is 5.32 Å². The fourth-order valence-electron chi connectivity index (χ4n) is 4.21. The fraction of sp³-hybridized carbons (Fsp3) is 0.259. The first kappa shape index (κ1) is 24.4. The summed E-state index contributed by atoms with van der Waals surface area (Å²) in [6, 6.07) is 20.7. The topological polar surface area (TPSA) is 125 Å². The summed E-state index contributed by atoms with van der Waals surface area (Å²) in [5.41, 5.74) is 4.84. The Kier molecular flexibility index (Phi) is 7.45. The molecule has 35 heavy (non-hydrogen) atoms. The molecule has 0 unspecified atom stereocenters. The van der Waals surface area contributed by atoms with Gasteiger partial charge in [0, 0.05) is 11.5 Å². The number of amides is 1. The summed E-state index contributed by atoms with van der Waals surface area (Å²) in [4.78, 5) is 24.9. The molecular formula is C27H27NO7. The molecule has 0 saturated carbocycles. The quantitative estimate of drug-likeness (QED) is 0.290. The number of nitrogens with one attached hydrogen (secondary N) is 1. The van der Waals surface area contributed by atoms with Crippen molar-refractivity contribution in [1.82, 2.24) is 5.32 Å². The van der Waals surface area contributed by atoms with Gasteiger partial charge < -0.3 is 30.1 Å². The van der Waals surface area contributed by atoms with E-state index < -0.39 is 37.1 Å². The third-order valence-corrected chi connectivity index (χ3v) is 6.15. The van der Waals surface area contributed by atoms with Crippen molar-refractivity contribution in [2.75, 3.05) is 13.2 Å². The highest BCUT2D eigenvalue weighted by atomic mass is 16.6. The molecule has 1 aliphatic rings. The van der Waals surface area contributed by atoms with Crippen molar-refractivity contribution < 1.29 is 34.4 Å². The third-order valence-electron chi connectivity index (χ3n) is 6.15. The Morgan fingerprint density at radius 2 is 1.49 bits per heavy atom. The molecule has 0 spiro atoms. The molecule has 1 aliphatic carbocycles. The van der Waals surface area contributed by atoms with Crippen molar-refractivity contribution in [2.24, 2.45) is 0 Å². The van der Waals surface area contributed by atoms with Crippen LogP contribution in [0, 0.1) is 0 Å². The van der Waals surface area contributed by atoms with Gasteiger partial charge in [-0.25, -0.2) is 9.59 Å². The van der Waals surface area contributed by atoms with Crippen LogP contribution in [0.4, 0.5) is 4.79 Å². The number of hydrogen-bond donors (Lipinski definition) is 4. The lowest BCUT2D eigenvalue weighted by atomic mass is 9.98. The van der Waals surface area contributed by atoms with Gasteiger partial charge in [-0.2, -0.15) is 0 Å². The van der Waals surface area contributed by atoms with Gasteiger partial charge in [0.1, 0.15) is 12.7 Å². The second-order valence-corrected chi connectivity index (χ2v) is 8.37. The Balaban J connectivity index is 1.34. The van der Waals surface area contributed by atoms with Crippen LogP contribution in [0.3, 0.4) is 0 Å². The van der Waals surface area contributed by atoms with Gasteiger partial charge >= 0.3 is 12.1 Å². The van der Waals surface area contributed by atoms with Gasteiger partial charge in [0.25, 0.3) is 0 Å². The molecule has 2 atom stereocenters. The van der Waals surface area contributed by atoms with Crippen LogP contribution in [0.2, 0.25) is 0 Å². The number of ether oxygens (including phenoxy) is 2. The first-order chi connectivity index (χ1) is 16.9. The molecule has 0 saturated heterocycles. The molecule has 8 heteroatoms. The number of fused-ring (bicyclic) bond motifs is 3. The van der Waals surface area contributed by atoms with E-state index in [1.807, 2.05) is 48.5 Å². The Hall–Kier alpha value is -3.72. The molecule has 0 fully saturated rings. The van der Waals surface area contributed by atoms with Crippen LogP contribution < -0.4 is 5.32 Å². The number of alkyl carbamates (subject to hydrolysis) is 1. The molecule has 3 aromatic rings. The SMILES string of the molecule is C[C@@H](OC(=O)c1ccc(C(O)O)cc1)[C@@H](CO)NC(=O)OCC1c2ccccc2-c2ccccc21. The lowest BCUT2D eigenvalue weighted by Crippen LogP contribution is -2.46. The van der Waals surface area contributed by atoms with Crippen LogP contribution in [-0.2, 0) is 9.47 Å². The van der Waals surface area contributed by atoms with E-state index in [4.69, 9.17) is 19.7 Å². The number of benzene rings is 3. The van der Waals surface area contributed by atoms with Gasteiger partial charge in [0.15, 0.2) is 6.29 Å². The van der Waals surface area contributed by atoms with Crippen molar-refractivity contribution in [3.63, 3.8) is 0 Å². The number of aliphatic hydroxyl groups is 3.